The topological polar surface area (TPSA) is 85.9 Å². The van der Waals surface area contributed by atoms with Crippen LogP contribution >= 0.6 is 12.2 Å². The van der Waals surface area contributed by atoms with Crippen LogP contribution in [-0.4, -0.2) is 30.8 Å². The lowest BCUT2D eigenvalue weighted by Crippen LogP contribution is -2.23. The molecule has 6 nitrogen and oxygen atoms in total. The van der Waals surface area contributed by atoms with E-state index in [1.165, 1.54) is 0 Å². The second-order valence-corrected chi connectivity index (χ2v) is 5.13. The van der Waals surface area contributed by atoms with Gasteiger partial charge in [0, 0.05) is 5.56 Å². The van der Waals surface area contributed by atoms with E-state index in [1.807, 2.05) is 24.3 Å². The molecule has 7 heteroatoms. The summed E-state index contributed by atoms with van der Waals surface area (Å²) in [7, 11) is 0. The van der Waals surface area contributed by atoms with Crippen LogP contribution in [-0.2, 0) is 0 Å². The highest BCUT2D eigenvalue weighted by molar-refractivity contribution is 7.80. The molecule has 0 saturated heterocycles. The largest absolute Gasteiger partial charge is 0.490 e. The van der Waals surface area contributed by atoms with Gasteiger partial charge in [-0.2, -0.15) is 5.10 Å². The van der Waals surface area contributed by atoms with Gasteiger partial charge < -0.3 is 15.2 Å². The fourth-order valence-corrected chi connectivity index (χ4v) is 1.83. The number of hydrazone groups is 1. The van der Waals surface area contributed by atoms with Gasteiger partial charge in [-0.1, -0.05) is 0 Å². The lowest BCUT2D eigenvalue weighted by molar-refractivity contribution is 0.112. The first-order chi connectivity index (χ1) is 11.7. The molecule has 0 radical (unpaired) electrons. The molecule has 0 atom stereocenters. The lowest BCUT2D eigenvalue weighted by atomic mass is 10.2. The van der Waals surface area contributed by atoms with Crippen LogP contribution in [0.15, 0.2) is 53.6 Å². The van der Waals surface area contributed by atoms with Crippen molar-refractivity contribution in [1.29, 1.82) is 0 Å². The van der Waals surface area contributed by atoms with Crippen molar-refractivity contribution in [2.75, 3.05) is 13.2 Å². The van der Waals surface area contributed by atoms with Crippen molar-refractivity contribution in [1.82, 2.24) is 5.43 Å². The zero-order chi connectivity index (χ0) is 17.2. The molecule has 0 aromatic heterocycles. The van der Waals surface area contributed by atoms with Gasteiger partial charge in [-0.15, -0.1) is 0 Å². The first-order valence-corrected chi connectivity index (χ1v) is 7.57. The summed E-state index contributed by atoms with van der Waals surface area (Å²) in [6.07, 6.45) is 2.40. The van der Waals surface area contributed by atoms with E-state index in [0.717, 1.165) is 17.6 Å². The molecule has 124 valence electrons. The maximum absolute atomic E-state index is 10.6. The number of hydrogen-bond acceptors (Lipinski definition) is 5. The SMILES string of the molecule is NC(=S)NN=Cc1ccc(OCCOc2ccc(C=O)cc2)cc1. The van der Waals surface area contributed by atoms with Gasteiger partial charge in [0.1, 0.15) is 31.0 Å². The second kappa shape index (κ2) is 9.26. The molecule has 0 amide bonds. The molecule has 0 aliphatic rings. The van der Waals surface area contributed by atoms with Crippen LogP contribution in [0.1, 0.15) is 15.9 Å². The van der Waals surface area contributed by atoms with Crippen LogP contribution in [0.2, 0.25) is 0 Å². The molecule has 2 aromatic carbocycles. The predicted molar refractivity (Wildman–Crippen MR) is 96.8 cm³/mol. The fourth-order valence-electron chi connectivity index (χ4n) is 1.78. The normalized spacial score (nSPS) is 10.3. The summed E-state index contributed by atoms with van der Waals surface area (Å²) in [6, 6.07) is 14.3. The average molecular weight is 343 g/mol. The standard InChI is InChI=1S/C17H17N3O3S/c18-17(24)20-19-11-13-1-5-15(6-2-13)22-9-10-23-16-7-3-14(12-21)4-8-16/h1-8,11-12H,9-10H2,(H3,18,20,24). The van der Waals surface area contributed by atoms with Gasteiger partial charge in [-0.25, -0.2) is 0 Å². The monoisotopic (exact) mass is 343 g/mol. The van der Waals surface area contributed by atoms with Gasteiger partial charge in [0.05, 0.1) is 6.21 Å². The lowest BCUT2D eigenvalue weighted by Gasteiger charge is -2.08. The summed E-state index contributed by atoms with van der Waals surface area (Å²) in [5, 5.41) is 3.99. The summed E-state index contributed by atoms with van der Waals surface area (Å²) in [5.41, 5.74) is 9.25. The van der Waals surface area contributed by atoms with Crippen molar-refractivity contribution in [2.24, 2.45) is 10.8 Å². The zero-order valence-electron chi connectivity index (χ0n) is 12.8. The van der Waals surface area contributed by atoms with Crippen LogP contribution in [0.25, 0.3) is 0 Å². The number of nitrogens with two attached hydrogens (primary N) is 1. The summed E-state index contributed by atoms with van der Waals surface area (Å²) < 4.78 is 11.1. The number of thiocarbonyl (C=S) groups is 1. The van der Waals surface area contributed by atoms with Crippen molar-refractivity contribution in [3.63, 3.8) is 0 Å². The number of hydrogen-bond donors (Lipinski definition) is 2. The van der Waals surface area contributed by atoms with Crippen molar-refractivity contribution in [3.05, 3.63) is 59.7 Å². The maximum Gasteiger partial charge on any atom is 0.184 e. The highest BCUT2D eigenvalue weighted by atomic mass is 32.1. The van der Waals surface area contributed by atoms with E-state index in [-0.39, 0.29) is 5.11 Å². The fraction of sp³-hybridized carbons (Fsp3) is 0.118. The molecular weight excluding hydrogens is 326 g/mol. The Morgan fingerprint density at radius 3 is 1.96 bits per heavy atom. The smallest absolute Gasteiger partial charge is 0.184 e. The van der Waals surface area contributed by atoms with Gasteiger partial charge in [-0.05, 0) is 66.3 Å². The molecule has 0 unspecified atom stereocenters. The molecule has 0 aliphatic heterocycles. The van der Waals surface area contributed by atoms with E-state index in [4.69, 9.17) is 15.2 Å². The van der Waals surface area contributed by atoms with E-state index in [9.17, 15) is 4.79 Å². The van der Waals surface area contributed by atoms with Crippen molar-refractivity contribution >= 4 is 29.8 Å². The molecule has 2 rings (SSSR count). The van der Waals surface area contributed by atoms with Gasteiger partial charge in [0.25, 0.3) is 0 Å². The summed E-state index contributed by atoms with van der Waals surface area (Å²) in [6.45, 7) is 0.813. The summed E-state index contributed by atoms with van der Waals surface area (Å²) in [4.78, 5) is 10.6. The molecule has 0 bridgehead atoms. The summed E-state index contributed by atoms with van der Waals surface area (Å²) >= 11 is 4.64. The molecule has 0 heterocycles. The number of carbonyl (C=O) groups is 1. The maximum atomic E-state index is 10.6. The number of rotatable bonds is 8. The van der Waals surface area contributed by atoms with Crippen molar-refractivity contribution < 1.29 is 14.3 Å². The minimum Gasteiger partial charge on any atom is -0.490 e. The molecule has 0 spiro atoms. The Hall–Kier alpha value is -2.93. The summed E-state index contributed by atoms with van der Waals surface area (Å²) in [5.74, 6) is 1.43. The average Bonchev–Trinajstić information content (AvgIpc) is 2.60. The predicted octanol–water partition coefficient (Wildman–Crippen LogP) is 2.12. The molecule has 0 aliphatic carbocycles. The Balaban J connectivity index is 1.72. The van der Waals surface area contributed by atoms with Crippen LogP contribution in [0.5, 0.6) is 11.5 Å². The quantitative estimate of drug-likeness (QED) is 0.251. The van der Waals surface area contributed by atoms with Gasteiger partial charge >= 0.3 is 0 Å². The van der Waals surface area contributed by atoms with Crippen molar-refractivity contribution in [2.45, 2.75) is 0 Å². The first kappa shape index (κ1) is 17.4. The number of carbonyl (C=O) groups excluding carboxylic acids is 1. The van der Waals surface area contributed by atoms with Crippen molar-refractivity contribution in [3.8, 4) is 11.5 Å². The highest BCUT2D eigenvalue weighted by Crippen LogP contribution is 2.13. The van der Waals surface area contributed by atoms with Gasteiger partial charge in [0.2, 0.25) is 0 Å². The Labute approximate surface area is 145 Å². The van der Waals surface area contributed by atoms with Gasteiger partial charge in [-0.3, -0.25) is 10.2 Å². The van der Waals surface area contributed by atoms with E-state index in [2.05, 4.69) is 22.7 Å². The second-order valence-electron chi connectivity index (χ2n) is 4.69. The van der Waals surface area contributed by atoms with Crippen LogP contribution in [0, 0.1) is 0 Å². The molecule has 24 heavy (non-hydrogen) atoms. The number of ether oxygens (including phenoxy) is 2. The molecule has 2 aromatic rings. The minimum absolute atomic E-state index is 0.118. The highest BCUT2D eigenvalue weighted by Gasteiger charge is 1.97. The molecular formula is C17H17N3O3S. The van der Waals surface area contributed by atoms with Crippen LogP contribution in [0.3, 0.4) is 0 Å². The number of nitrogens with zero attached hydrogens (tertiary/aromatic N) is 1. The van der Waals surface area contributed by atoms with Crippen LogP contribution < -0.4 is 20.6 Å². The Kier molecular flexibility index (Phi) is 6.73. The number of nitrogens with one attached hydrogen (secondary N) is 1. The third kappa shape index (κ3) is 6.05. The van der Waals surface area contributed by atoms with E-state index >= 15 is 0 Å². The third-order valence-corrected chi connectivity index (χ3v) is 3.00. The minimum atomic E-state index is 0.118. The molecule has 0 saturated carbocycles. The zero-order valence-corrected chi connectivity index (χ0v) is 13.7. The first-order valence-electron chi connectivity index (χ1n) is 7.17. The number of benzene rings is 2. The van der Waals surface area contributed by atoms with E-state index in [1.54, 1.807) is 30.5 Å². The number of aldehydes is 1. The van der Waals surface area contributed by atoms with E-state index < -0.39 is 0 Å². The van der Waals surface area contributed by atoms with Gasteiger partial charge in [0.15, 0.2) is 5.11 Å². The van der Waals surface area contributed by atoms with Crippen LogP contribution in [0.4, 0.5) is 0 Å². The molecule has 0 fully saturated rings. The molecule has 3 N–H and O–H groups in total. The Bertz CT molecular complexity index is 700. The Morgan fingerprint density at radius 2 is 1.50 bits per heavy atom. The Morgan fingerprint density at radius 1 is 1.00 bits per heavy atom. The van der Waals surface area contributed by atoms with E-state index in [0.29, 0.717) is 24.5 Å². The third-order valence-electron chi connectivity index (χ3n) is 2.91.